The van der Waals surface area contributed by atoms with Gasteiger partial charge in [-0.2, -0.15) is 0 Å². The zero-order chi connectivity index (χ0) is 18.2. The Morgan fingerprint density at radius 1 is 0.654 bits per heavy atom. The molecular weight excluding hydrogens is 318 g/mol. The van der Waals surface area contributed by atoms with Gasteiger partial charge in [-0.3, -0.25) is 0 Å². The summed E-state index contributed by atoms with van der Waals surface area (Å²) in [4.78, 5) is 0. The minimum Gasteiger partial charge on any atom is -0.379 e. The predicted molar refractivity (Wildman–Crippen MR) is 113 cm³/mol. The number of para-hydroxylation sites is 3. The summed E-state index contributed by atoms with van der Waals surface area (Å²) in [5.74, 6) is 0.569. The van der Waals surface area contributed by atoms with Crippen LogP contribution in [0.4, 0.5) is 17.1 Å². The van der Waals surface area contributed by atoms with Crippen molar-refractivity contribution >= 4 is 17.1 Å². The van der Waals surface area contributed by atoms with Crippen LogP contribution in [-0.4, -0.2) is 6.67 Å². The lowest BCUT2D eigenvalue weighted by Crippen LogP contribution is -2.13. The van der Waals surface area contributed by atoms with Gasteiger partial charge in [0, 0.05) is 12.2 Å². The minimum absolute atomic E-state index is 0.569. The highest BCUT2D eigenvalue weighted by Gasteiger charge is 2.02. The fourth-order valence-corrected chi connectivity index (χ4v) is 2.81. The average molecular weight is 345 g/mol. The number of hydrogen-bond acceptors (Lipinski definition) is 3. The van der Waals surface area contributed by atoms with Crippen molar-refractivity contribution in [3.63, 3.8) is 0 Å². The molecule has 0 aromatic heterocycles. The van der Waals surface area contributed by atoms with E-state index in [0.29, 0.717) is 12.6 Å². The SMILES string of the molecule is CC(C)c1ccc(CNc2ccccc2NCNc2ccccc2)cc1. The summed E-state index contributed by atoms with van der Waals surface area (Å²) >= 11 is 0. The maximum Gasteiger partial charge on any atom is 0.0850 e. The van der Waals surface area contributed by atoms with Crippen molar-refractivity contribution in [3.8, 4) is 0 Å². The Morgan fingerprint density at radius 2 is 1.27 bits per heavy atom. The van der Waals surface area contributed by atoms with Gasteiger partial charge >= 0.3 is 0 Å². The summed E-state index contributed by atoms with van der Waals surface area (Å²) in [5, 5.41) is 10.4. The predicted octanol–water partition coefficient (Wildman–Crippen LogP) is 5.90. The van der Waals surface area contributed by atoms with Gasteiger partial charge in [0.2, 0.25) is 0 Å². The molecule has 0 spiro atoms. The maximum absolute atomic E-state index is 3.54. The van der Waals surface area contributed by atoms with Crippen LogP contribution in [0.2, 0.25) is 0 Å². The molecule has 3 aromatic rings. The molecule has 0 unspecified atom stereocenters. The highest BCUT2D eigenvalue weighted by molar-refractivity contribution is 5.69. The Labute approximate surface area is 156 Å². The van der Waals surface area contributed by atoms with Gasteiger partial charge in [0.15, 0.2) is 0 Å². The Balaban J connectivity index is 1.56. The number of benzene rings is 3. The summed E-state index contributed by atoms with van der Waals surface area (Å²) in [6.07, 6.45) is 0. The molecule has 3 rings (SSSR count). The van der Waals surface area contributed by atoms with Gasteiger partial charge in [-0.1, -0.05) is 68.4 Å². The third kappa shape index (κ3) is 5.03. The lowest BCUT2D eigenvalue weighted by atomic mass is 10.0. The van der Waals surface area contributed by atoms with E-state index in [4.69, 9.17) is 0 Å². The topological polar surface area (TPSA) is 36.1 Å². The Morgan fingerprint density at radius 3 is 1.92 bits per heavy atom. The van der Waals surface area contributed by atoms with E-state index < -0.39 is 0 Å². The van der Waals surface area contributed by atoms with Crippen molar-refractivity contribution in [1.29, 1.82) is 0 Å². The van der Waals surface area contributed by atoms with Gasteiger partial charge < -0.3 is 16.0 Å². The fourth-order valence-electron chi connectivity index (χ4n) is 2.81. The molecule has 26 heavy (non-hydrogen) atoms. The molecule has 3 nitrogen and oxygen atoms in total. The molecular formula is C23H27N3. The van der Waals surface area contributed by atoms with E-state index in [9.17, 15) is 0 Å². The van der Waals surface area contributed by atoms with Crippen LogP contribution in [0.25, 0.3) is 0 Å². The molecule has 0 bridgehead atoms. The molecule has 3 N–H and O–H groups in total. The van der Waals surface area contributed by atoms with Gasteiger partial charge in [0.05, 0.1) is 18.0 Å². The van der Waals surface area contributed by atoms with E-state index in [-0.39, 0.29) is 0 Å². The fraction of sp³-hybridized carbons (Fsp3) is 0.217. The summed E-state index contributed by atoms with van der Waals surface area (Å²) < 4.78 is 0. The number of nitrogens with one attached hydrogen (secondary N) is 3. The monoisotopic (exact) mass is 345 g/mol. The first kappa shape index (κ1) is 17.9. The second kappa shape index (κ2) is 8.95. The molecule has 3 aromatic carbocycles. The lowest BCUT2D eigenvalue weighted by molar-refractivity contribution is 0.865. The van der Waals surface area contributed by atoms with Crippen molar-refractivity contribution < 1.29 is 0 Å². The van der Waals surface area contributed by atoms with E-state index in [1.807, 2.05) is 24.3 Å². The van der Waals surface area contributed by atoms with Crippen molar-refractivity contribution in [3.05, 3.63) is 90.0 Å². The molecule has 0 amide bonds. The van der Waals surface area contributed by atoms with Gasteiger partial charge in [0.25, 0.3) is 0 Å². The molecule has 3 heteroatoms. The van der Waals surface area contributed by atoms with Crippen LogP contribution in [0.1, 0.15) is 30.9 Å². The average Bonchev–Trinajstić information content (AvgIpc) is 2.68. The van der Waals surface area contributed by atoms with Crippen molar-refractivity contribution in [1.82, 2.24) is 0 Å². The Bertz CT molecular complexity index is 795. The summed E-state index contributed by atoms with van der Waals surface area (Å²) in [6, 6.07) is 27.4. The van der Waals surface area contributed by atoms with Crippen LogP contribution in [0.5, 0.6) is 0 Å². The van der Waals surface area contributed by atoms with E-state index in [1.165, 1.54) is 11.1 Å². The van der Waals surface area contributed by atoms with Crippen molar-refractivity contribution in [2.75, 3.05) is 22.6 Å². The minimum atomic E-state index is 0.569. The first-order valence-corrected chi connectivity index (χ1v) is 9.17. The summed E-state index contributed by atoms with van der Waals surface area (Å²) in [6.45, 7) is 5.92. The number of anilines is 3. The van der Waals surface area contributed by atoms with E-state index in [2.05, 4.69) is 84.4 Å². The van der Waals surface area contributed by atoms with Crippen LogP contribution in [0.3, 0.4) is 0 Å². The van der Waals surface area contributed by atoms with Gasteiger partial charge in [-0.05, 0) is 41.3 Å². The quantitative estimate of drug-likeness (QED) is 0.445. The highest BCUT2D eigenvalue weighted by Crippen LogP contribution is 2.22. The second-order valence-electron chi connectivity index (χ2n) is 6.69. The van der Waals surface area contributed by atoms with Crippen LogP contribution in [0.15, 0.2) is 78.9 Å². The largest absolute Gasteiger partial charge is 0.379 e. The first-order valence-electron chi connectivity index (χ1n) is 9.17. The molecule has 0 aliphatic heterocycles. The lowest BCUT2D eigenvalue weighted by Gasteiger charge is -2.15. The number of hydrogen-bond donors (Lipinski definition) is 3. The molecule has 0 heterocycles. The van der Waals surface area contributed by atoms with Gasteiger partial charge in [-0.15, -0.1) is 0 Å². The zero-order valence-corrected chi connectivity index (χ0v) is 15.5. The molecule has 0 aliphatic carbocycles. The summed E-state index contributed by atoms with van der Waals surface area (Å²) in [7, 11) is 0. The highest BCUT2D eigenvalue weighted by atomic mass is 15.1. The molecule has 0 radical (unpaired) electrons. The normalized spacial score (nSPS) is 10.6. The van der Waals surface area contributed by atoms with Crippen LogP contribution in [0, 0.1) is 0 Å². The first-order chi connectivity index (χ1) is 12.7. The van der Waals surface area contributed by atoms with Crippen LogP contribution >= 0.6 is 0 Å². The van der Waals surface area contributed by atoms with Gasteiger partial charge in [0.1, 0.15) is 0 Å². The molecule has 0 atom stereocenters. The Hall–Kier alpha value is -2.94. The van der Waals surface area contributed by atoms with E-state index >= 15 is 0 Å². The standard InChI is InChI=1S/C23H27N3/c1-18(2)20-14-12-19(13-15-20)16-24-22-10-6-7-11-23(22)26-17-25-21-8-4-3-5-9-21/h3-15,18,24-26H,16-17H2,1-2H3. The van der Waals surface area contributed by atoms with E-state index in [0.717, 1.165) is 23.6 Å². The van der Waals surface area contributed by atoms with Crippen LogP contribution in [-0.2, 0) is 6.54 Å². The van der Waals surface area contributed by atoms with Gasteiger partial charge in [-0.25, -0.2) is 0 Å². The Kier molecular flexibility index (Phi) is 6.15. The second-order valence-corrected chi connectivity index (χ2v) is 6.69. The smallest absolute Gasteiger partial charge is 0.0850 e. The molecule has 0 saturated heterocycles. The van der Waals surface area contributed by atoms with Crippen LogP contribution < -0.4 is 16.0 Å². The molecule has 0 saturated carbocycles. The third-order valence-electron chi connectivity index (χ3n) is 4.40. The summed E-state index contributed by atoms with van der Waals surface area (Å²) in [5.41, 5.74) is 5.97. The molecule has 134 valence electrons. The number of rotatable bonds is 8. The van der Waals surface area contributed by atoms with Crippen molar-refractivity contribution in [2.45, 2.75) is 26.3 Å². The molecule has 0 aliphatic rings. The third-order valence-corrected chi connectivity index (χ3v) is 4.40. The van der Waals surface area contributed by atoms with Crippen molar-refractivity contribution in [2.24, 2.45) is 0 Å². The molecule has 0 fully saturated rings. The van der Waals surface area contributed by atoms with E-state index in [1.54, 1.807) is 0 Å². The zero-order valence-electron chi connectivity index (χ0n) is 15.5. The maximum atomic E-state index is 3.54.